The molecule has 0 radical (unpaired) electrons. The number of allylic oxidation sites excluding steroid dienone is 4. The maximum Gasteiger partial charge on any atom is 0.420 e. The predicted molar refractivity (Wildman–Crippen MR) is 147 cm³/mol. The number of aliphatic imine (C=N–C) groups is 1. The standard InChI is InChI=1S/C29H28F3N5O4/c1-18(4-8-25(33)34-2)5-9-26(38)36-16-22-13-21-12-20(14-23(27(21)41-22)29(30,31)32)24-7-6-19(15-35-24)28(39)37-10-3-11-40-17-37/h4-9,12-15H,2-3,10-11,16-17,33H2,1H3,(H,36,38)/b9-5+,18-4+,25-8-. The monoisotopic (exact) mass is 567 g/mol. The van der Waals surface area contributed by atoms with Crippen LogP contribution in [0.2, 0.25) is 0 Å². The molecule has 2 aromatic heterocycles. The summed E-state index contributed by atoms with van der Waals surface area (Å²) in [5, 5.41) is 2.78. The van der Waals surface area contributed by atoms with E-state index in [9.17, 15) is 22.8 Å². The molecule has 0 spiro atoms. The van der Waals surface area contributed by atoms with Crippen molar-refractivity contribution < 1.29 is 31.9 Å². The molecule has 3 N–H and O–H groups in total. The van der Waals surface area contributed by atoms with Crippen LogP contribution in [0.15, 0.2) is 81.6 Å². The topological polar surface area (TPSA) is 123 Å². The van der Waals surface area contributed by atoms with Crippen LogP contribution in [-0.2, 0) is 22.3 Å². The lowest BCUT2D eigenvalue weighted by molar-refractivity contribution is -0.136. The molecule has 9 nitrogen and oxygen atoms in total. The van der Waals surface area contributed by atoms with E-state index in [0.717, 1.165) is 12.5 Å². The number of pyridine rings is 1. The molecule has 41 heavy (non-hydrogen) atoms. The van der Waals surface area contributed by atoms with Crippen molar-refractivity contribution in [2.45, 2.75) is 26.1 Å². The number of amides is 2. The van der Waals surface area contributed by atoms with E-state index in [2.05, 4.69) is 22.0 Å². The number of alkyl halides is 3. The van der Waals surface area contributed by atoms with Crippen LogP contribution in [-0.4, -0.2) is 48.3 Å². The number of nitrogens with zero attached hydrogens (tertiary/aromatic N) is 3. The number of halogens is 3. The molecule has 12 heteroatoms. The van der Waals surface area contributed by atoms with Crippen LogP contribution >= 0.6 is 0 Å². The minimum atomic E-state index is -4.71. The van der Waals surface area contributed by atoms with E-state index in [0.29, 0.717) is 24.3 Å². The van der Waals surface area contributed by atoms with Crippen LogP contribution in [0, 0.1) is 0 Å². The van der Waals surface area contributed by atoms with Gasteiger partial charge in [0.2, 0.25) is 5.91 Å². The van der Waals surface area contributed by atoms with E-state index in [1.807, 2.05) is 0 Å². The van der Waals surface area contributed by atoms with Crippen LogP contribution in [0.4, 0.5) is 13.2 Å². The zero-order valence-electron chi connectivity index (χ0n) is 22.2. The van der Waals surface area contributed by atoms with Crippen molar-refractivity contribution in [1.29, 1.82) is 0 Å². The number of benzene rings is 1. The Morgan fingerprint density at radius 3 is 2.68 bits per heavy atom. The van der Waals surface area contributed by atoms with E-state index < -0.39 is 17.6 Å². The van der Waals surface area contributed by atoms with E-state index >= 15 is 0 Å². The fourth-order valence-corrected chi connectivity index (χ4v) is 4.05. The number of carbonyl (C=O) groups is 2. The summed E-state index contributed by atoms with van der Waals surface area (Å²) < 4.78 is 52.7. The number of furan rings is 1. The molecule has 1 aliphatic heterocycles. The highest BCUT2D eigenvalue weighted by Gasteiger charge is 2.35. The normalized spacial score (nSPS) is 15.0. The van der Waals surface area contributed by atoms with Crippen molar-refractivity contribution in [2.24, 2.45) is 10.7 Å². The van der Waals surface area contributed by atoms with Gasteiger partial charge in [-0.2, -0.15) is 13.2 Å². The van der Waals surface area contributed by atoms with Gasteiger partial charge in [0.05, 0.1) is 30.0 Å². The Bertz CT molecular complexity index is 1530. The van der Waals surface area contributed by atoms with Gasteiger partial charge in [0.25, 0.3) is 5.91 Å². The number of hydrogen-bond acceptors (Lipinski definition) is 7. The first kappa shape index (κ1) is 29.3. The molecule has 0 saturated carbocycles. The number of nitrogens with one attached hydrogen (secondary N) is 1. The molecular weight excluding hydrogens is 539 g/mol. The van der Waals surface area contributed by atoms with Gasteiger partial charge in [-0.15, -0.1) is 0 Å². The van der Waals surface area contributed by atoms with Gasteiger partial charge in [-0.05, 0) is 56.5 Å². The second kappa shape index (κ2) is 12.6. The lowest BCUT2D eigenvalue weighted by Gasteiger charge is -2.26. The Kier molecular flexibility index (Phi) is 9.03. The first-order valence-corrected chi connectivity index (χ1v) is 12.6. The third kappa shape index (κ3) is 7.48. The molecule has 214 valence electrons. The highest BCUT2D eigenvalue weighted by atomic mass is 19.4. The quantitative estimate of drug-likeness (QED) is 0.226. The molecule has 1 saturated heterocycles. The summed E-state index contributed by atoms with van der Waals surface area (Å²) in [6, 6.07) is 6.94. The molecular formula is C29H28F3N5O4. The van der Waals surface area contributed by atoms with Crippen molar-refractivity contribution in [1.82, 2.24) is 15.2 Å². The fourth-order valence-electron chi connectivity index (χ4n) is 4.05. The summed E-state index contributed by atoms with van der Waals surface area (Å²) in [6.07, 6.45) is 3.35. The minimum absolute atomic E-state index is 0.129. The maximum absolute atomic E-state index is 14.0. The lowest BCUT2D eigenvalue weighted by atomic mass is 10.0. The summed E-state index contributed by atoms with van der Waals surface area (Å²) >= 11 is 0. The van der Waals surface area contributed by atoms with Gasteiger partial charge in [0, 0.05) is 29.8 Å². The Morgan fingerprint density at radius 1 is 1.22 bits per heavy atom. The van der Waals surface area contributed by atoms with Crippen molar-refractivity contribution in [2.75, 3.05) is 19.9 Å². The second-order valence-corrected chi connectivity index (χ2v) is 9.26. The first-order chi connectivity index (χ1) is 19.5. The van der Waals surface area contributed by atoms with E-state index in [1.54, 1.807) is 24.0 Å². The van der Waals surface area contributed by atoms with Crippen LogP contribution in [0.1, 0.15) is 35.0 Å². The summed E-state index contributed by atoms with van der Waals surface area (Å²) in [5.41, 5.74) is 5.68. The lowest BCUT2D eigenvalue weighted by Crippen LogP contribution is -2.38. The highest BCUT2D eigenvalue weighted by molar-refractivity contribution is 5.94. The van der Waals surface area contributed by atoms with Crippen LogP contribution in [0.3, 0.4) is 0 Å². The Morgan fingerprint density at radius 2 is 2.02 bits per heavy atom. The molecule has 0 aliphatic carbocycles. The van der Waals surface area contributed by atoms with Gasteiger partial charge in [-0.1, -0.05) is 17.7 Å². The second-order valence-electron chi connectivity index (χ2n) is 9.26. The van der Waals surface area contributed by atoms with Crippen molar-refractivity contribution in [3.8, 4) is 11.3 Å². The molecule has 0 unspecified atom stereocenters. The fraction of sp³-hybridized carbons (Fsp3) is 0.241. The number of aromatic nitrogens is 1. The van der Waals surface area contributed by atoms with Gasteiger partial charge < -0.3 is 25.1 Å². The zero-order valence-corrected chi connectivity index (χ0v) is 22.2. The molecule has 0 bridgehead atoms. The third-order valence-electron chi connectivity index (χ3n) is 6.16. The van der Waals surface area contributed by atoms with Crippen molar-refractivity contribution >= 4 is 29.5 Å². The average Bonchev–Trinajstić information content (AvgIpc) is 3.39. The predicted octanol–water partition coefficient (Wildman–Crippen LogP) is 4.95. The number of carbonyl (C=O) groups excluding carboxylic acids is 2. The van der Waals surface area contributed by atoms with Crippen molar-refractivity contribution in [3.63, 3.8) is 0 Å². The smallest absolute Gasteiger partial charge is 0.420 e. The molecule has 4 rings (SSSR count). The summed E-state index contributed by atoms with van der Waals surface area (Å²) in [5.74, 6) is -0.366. The van der Waals surface area contributed by atoms with Crippen LogP contribution in [0.25, 0.3) is 22.2 Å². The van der Waals surface area contributed by atoms with Crippen LogP contribution < -0.4 is 11.1 Å². The number of rotatable bonds is 8. The molecule has 1 aliphatic rings. The summed E-state index contributed by atoms with van der Waals surface area (Å²) in [4.78, 5) is 34.2. The van der Waals surface area contributed by atoms with Gasteiger partial charge in [0.1, 0.15) is 23.9 Å². The highest BCUT2D eigenvalue weighted by Crippen LogP contribution is 2.39. The molecule has 2 amide bonds. The zero-order chi connectivity index (χ0) is 29.6. The first-order valence-electron chi connectivity index (χ1n) is 12.6. The van der Waals surface area contributed by atoms with Gasteiger partial charge in [-0.25, -0.2) is 4.99 Å². The van der Waals surface area contributed by atoms with Gasteiger partial charge in [0.15, 0.2) is 0 Å². The van der Waals surface area contributed by atoms with Crippen molar-refractivity contribution in [3.05, 3.63) is 89.1 Å². The van der Waals surface area contributed by atoms with Crippen LogP contribution in [0.5, 0.6) is 0 Å². The third-order valence-corrected chi connectivity index (χ3v) is 6.16. The van der Waals surface area contributed by atoms with Gasteiger partial charge >= 0.3 is 6.18 Å². The van der Waals surface area contributed by atoms with Gasteiger partial charge in [-0.3, -0.25) is 14.6 Å². The molecule has 0 atom stereocenters. The minimum Gasteiger partial charge on any atom is -0.459 e. The van der Waals surface area contributed by atoms with E-state index in [4.69, 9.17) is 14.9 Å². The molecule has 3 heterocycles. The van der Waals surface area contributed by atoms with E-state index in [1.165, 1.54) is 42.6 Å². The molecule has 3 aromatic rings. The SMILES string of the molecule is C=N\C(N)=C/C=C(C)/C=C/C(=O)NCc1cc2cc(-c3ccc(C(=O)N4CCCOC4)cn3)cc(C(F)(F)F)c2o1. The average molecular weight is 568 g/mol. The largest absolute Gasteiger partial charge is 0.459 e. The Balaban J connectivity index is 1.52. The molecule has 1 aromatic carbocycles. The number of hydrogen-bond donors (Lipinski definition) is 2. The summed E-state index contributed by atoms with van der Waals surface area (Å²) in [7, 11) is 0. The Labute approximate surface area is 233 Å². The Hall–Kier alpha value is -4.71. The van der Waals surface area contributed by atoms with E-state index in [-0.39, 0.29) is 53.0 Å². The number of fused-ring (bicyclic) bond motifs is 1. The summed E-state index contributed by atoms with van der Waals surface area (Å²) in [6.45, 7) is 6.25. The maximum atomic E-state index is 14.0. The number of nitrogens with two attached hydrogens (primary N) is 1. The molecule has 1 fully saturated rings. The number of ether oxygens (including phenoxy) is 1.